The predicted octanol–water partition coefficient (Wildman–Crippen LogP) is 4.20. The molecule has 0 saturated carbocycles. The summed E-state index contributed by atoms with van der Waals surface area (Å²) >= 11 is 3.11. The summed E-state index contributed by atoms with van der Waals surface area (Å²) in [6.45, 7) is 0.974. The summed E-state index contributed by atoms with van der Waals surface area (Å²) in [5.74, 6) is -0.547. The van der Waals surface area contributed by atoms with Crippen molar-refractivity contribution < 1.29 is 9.18 Å². The molecule has 3 nitrogen and oxygen atoms in total. The van der Waals surface area contributed by atoms with Crippen LogP contribution in [0.15, 0.2) is 40.9 Å². The fourth-order valence-electron chi connectivity index (χ4n) is 2.39. The molecule has 21 heavy (non-hydrogen) atoms. The van der Waals surface area contributed by atoms with Crippen LogP contribution >= 0.6 is 15.9 Å². The number of benzene rings is 2. The Morgan fingerprint density at radius 3 is 2.90 bits per heavy atom. The van der Waals surface area contributed by atoms with Gasteiger partial charge in [-0.3, -0.25) is 4.79 Å². The third kappa shape index (κ3) is 3.08. The van der Waals surface area contributed by atoms with Crippen LogP contribution in [0, 0.1) is 5.82 Å². The number of aryl methyl sites for hydroxylation is 1. The molecular formula is C16H14BrFN2O. The second-order valence-corrected chi connectivity index (χ2v) is 5.84. The van der Waals surface area contributed by atoms with Crippen LogP contribution in [0.3, 0.4) is 0 Å². The number of hydrogen-bond donors (Lipinski definition) is 2. The Morgan fingerprint density at radius 2 is 2.10 bits per heavy atom. The lowest BCUT2D eigenvalue weighted by Gasteiger charge is -2.18. The molecule has 0 atom stereocenters. The Labute approximate surface area is 130 Å². The van der Waals surface area contributed by atoms with E-state index in [2.05, 4.69) is 26.6 Å². The molecule has 0 bridgehead atoms. The van der Waals surface area contributed by atoms with Crippen LogP contribution in [0.25, 0.3) is 0 Å². The van der Waals surface area contributed by atoms with E-state index in [1.165, 1.54) is 12.1 Å². The van der Waals surface area contributed by atoms with E-state index in [0.29, 0.717) is 15.7 Å². The maximum Gasteiger partial charge on any atom is 0.255 e. The predicted molar refractivity (Wildman–Crippen MR) is 85.3 cm³/mol. The third-order valence-corrected chi connectivity index (χ3v) is 4.09. The molecule has 0 aliphatic carbocycles. The molecular weight excluding hydrogens is 335 g/mol. The minimum Gasteiger partial charge on any atom is -0.385 e. The molecule has 1 heterocycles. The molecule has 0 unspecified atom stereocenters. The number of fused-ring (bicyclic) bond motifs is 1. The summed E-state index contributed by atoms with van der Waals surface area (Å²) in [6, 6.07) is 10.0. The van der Waals surface area contributed by atoms with Crippen molar-refractivity contribution >= 4 is 33.2 Å². The van der Waals surface area contributed by atoms with E-state index in [4.69, 9.17) is 0 Å². The van der Waals surface area contributed by atoms with Crippen molar-refractivity contribution in [1.29, 1.82) is 0 Å². The summed E-state index contributed by atoms with van der Waals surface area (Å²) in [5, 5.41) is 6.09. The average Bonchev–Trinajstić information content (AvgIpc) is 2.50. The maximum absolute atomic E-state index is 13.2. The summed E-state index contributed by atoms with van der Waals surface area (Å²) in [4.78, 5) is 12.3. The SMILES string of the molecule is O=C(Nc1ccc(F)c(Br)c1)c1ccc2c(c1)CCCN2. The molecule has 2 aromatic rings. The molecule has 0 saturated heterocycles. The van der Waals surface area contributed by atoms with E-state index >= 15 is 0 Å². The summed E-state index contributed by atoms with van der Waals surface area (Å²) in [7, 11) is 0. The fourth-order valence-corrected chi connectivity index (χ4v) is 2.77. The van der Waals surface area contributed by atoms with Gasteiger partial charge in [-0.1, -0.05) is 0 Å². The molecule has 1 amide bonds. The van der Waals surface area contributed by atoms with Crippen molar-refractivity contribution in [3.8, 4) is 0 Å². The molecule has 2 aromatic carbocycles. The van der Waals surface area contributed by atoms with Gasteiger partial charge in [0.25, 0.3) is 5.91 Å². The molecule has 1 aliphatic rings. The van der Waals surface area contributed by atoms with E-state index in [0.717, 1.165) is 30.6 Å². The lowest BCUT2D eigenvalue weighted by molar-refractivity contribution is 0.102. The Bertz CT molecular complexity index is 703. The van der Waals surface area contributed by atoms with E-state index in [-0.39, 0.29) is 11.7 Å². The van der Waals surface area contributed by atoms with Crippen LogP contribution in [0.1, 0.15) is 22.3 Å². The van der Waals surface area contributed by atoms with Gasteiger partial charge in [0.2, 0.25) is 0 Å². The highest BCUT2D eigenvalue weighted by Crippen LogP contribution is 2.24. The summed E-state index contributed by atoms with van der Waals surface area (Å²) in [6.07, 6.45) is 2.05. The number of carbonyl (C=O) groups excluding carboxylic acids is 1. The number of anilines is 2. The zero-order chi connectivity index (χ0) is 14.8. The van der Waals surface area contributed by atoms with Gasteiger partial charge in [0.15, 0.2) is 0 Å². The highest BCUT2D eigenvalue weighted by molar-refractivity contribution is 9.10. The number of halogens is 2. The first-order chi connectivity index (χ1) is 10.1. The molecule has 3 rings (SSSR count). The number of amides is 1. The van der Waals surface area contributed by atoms with E-state index in [9.17, 15) is 9.18 Å². The first kappa shape index (κ1) is 14.1. The van der Waals surface area contributed by atoms with Crippen LogP contribution < -0.4 is 10.6 Å². The third-order valence-electron chi connectivity index (χ3n) is 3.48. The van der Waals surface area contributed by atoms with Crippen LogP contribution in [0.5, 0.6) is 0 Å². The number of rotatable bonds is 2. The first-order valence-electron chi connectivity index (χ1n) is 6.77. The van der Waals surface area contributed by atoms with Crippen molar-refractivity contribution in [3.05, 3.63) is 57.8 Å². The van der Waals surface area contributed by atoms with Crippen molar-refractivity contribution in [2.75, 3.05) is 17.2 Å². The van der Waals surface area contributed by atoms with Crippen LogP contribution in [0.4, 0.5) is 15.8 Å². The van der Waals surface area contributed by atoms with Gasteiger partial charge in [0, 0.05) is 23.5 Å². The lowest BCUT2D eigenvalue weighted by atomic mass is 10.0. The Morgan fingerprint density at radius 1 is 1.24 bits per heavy atom. The highest BCUT2D eigenvalue weighted by atomic mass is 79.9. The van der Waals surface area contributed by atoms with Gasteiger partial charge in [0.05, 0.1) is 4.47 Å². The standard InChI is InChI=1S/C16H14BrFN2O/c17-13-9-12(4-5-14(13)18)20-16(21)11-3-6-15-10(8-11)2-1-7-19-15/h3-6,8-9,19H,1-2,7H2,(H,20,21). The van der Waals surface area contributed by atoms with Gasteiger partial charge in [0.1, 0.15) is 5.82 Å². The molecule has 1 aliphatic heterocycles. The van der Waals surface area contributed by atoms with Crippen LogP contribution in [0.2, 0.25) is 0 Å². The number of carbonyl (C=O) groups is 1. The van der Waals surface area contributed by atoms with Crippen LogP contribution in [-0.4, -0.2) is 12.5 Å². The van der Waals surface area contributed by atoms with Gasteiger partial charge in [-0.25, -0.2) is 4.39 Å². The number of hydrogen-bond acceptors (Lipinski definition) is 2. The molecule has 2 N–H and O–H groups in total. The minimum absolute atomic E-state index is 0.193. The van der Waals surface area contributed by atoms with Crippen molar-refractivity contribution in [1.82, 2.24) is 0 Å². The molecule has 0 radical (unpaired) electrons. The van der Waals surface area contributed by atoms with Gasteiger partial charge < -0.3 is 10.6 Å². The Balaban J connectivity index is 1.80. The largest absolute Gasteiger partial charge is 0.385 e. The summed E-state index contributed by atoms with van der Waals surface area (Å²) < 4.78 is 13.5. The lowest BCUT2D eigenvalue weighted by Crippen LogP contribution is -2.15. The fraction of sp³-hybridized carbons (Fsp3) is 0.188. The first-order valence-corrected chi connectivity index (χ1v) is 7.56. The quantitative estimate of drug-likeness (QED) is 0.853. The zero-order valence-corrected chi connectivity index (χ0v) is 12.8. The second kappa shape index (κ2) is 5.85. The van der Waals surface area contributed by atoms with E-state index in [1.807, 2.05) is 12.1 Å². The number of nitrogens with one attached hydrogen (secondary N) is 2. The van der Waals surface area contributed by atoms with Crippen molar-refractivity contribution in [3.63, 3.8) is 0 Å². The summed E-state index contributed by atoms with van der Waals surface area (Å²) in [5.41, 5.74) is 3.43. The van der Waals surface area contributed by atoms with Gasteiger partial charge in [-0.05, 0) is 70.7 Å². The molecule has 108 valence electrons. The zero-order valence-electron chi connectivity index (χ0n) is 11.2. The average molecular weight is 349 g/mol. The highest BCUT2D eigenvalue weighted by Gasteiger charge is 2.13. The molecule has 0 aromatic heterocycles. The second-order valence-electron chi connectivity index (χ2n) is 4.99. The van der Waals surface area contributed by atoms with Crippen molar-refractivity contribution in [2.24, 2.45) is 0 Å². The molecule has 0 fully saturated rings. The van der Waals surface area contributed by atoms with Gasteiger partial charge in [-0.15, -0.1) is 0 Å². The minimum atomic E-state index is -0.354. The van der Waals surface area contributed by atoms with Gasteiger partial charge >= 0.3 is 0 Å². The van der Waals surface area contributed by atoms with Gasteiger partial charge in [-0.2, -0.15) is 0 Å². The topological polar surface area (TPSA) is 41.1 Å². The normalized spacial score (nSPS) is 13.2. The smallest absolute Gasteiger partial charge is 0.255 e. The van der Waals surface area contributed by atoms with E-state index < -0.39 is 0 Å². The maximum atomic E-state index is 13.2. The van der Waals surface area contributed by atoms with E-state index in [1.54, 1.807) is 12.1 Å². The Hall–Kier alpha value is -1.88. The van der Waals surface area contributed by atoms with Crippen molar-refractivity contribution in [2.45, 2.75) is 12.8 Å². The molecule has 0 spiro atoms. The monoisotopic (exact) mass is 348 g/mol. The van der Waals surface area contributed by atoms with Crippen LogP contribution in [-0.2, 0) is 6.42 Å². The Kier molecular flexibility index (Phi) is 3.92. The molecule has 5 heteroatoms.